The Labute approximate surface area is 247 Å². The first-order chi connectivity index (χ1) is 21.2. The van der Waals surface area contributed by atoms with Gasteiger partial charge in [-0.2, -0.15) is 5.10 Å². The summed E-state index contributed by atoms with van der Waals surface area (Å²) in [5.41, 5.74) is 8.67. The maximum Gasteiger partial charge on any atom is 0.181 e. The fraction of sp³-hybridized carbons (Fsp3) is 0.273. The molecule has 6 heterocycles. The van der Waals surface area contributed by atoms with Gasteiger partial charge in [0.2, 0.25) is 0 Å². The van der Waals surface area contributed by atoms with Gasteiger partial charge in [-0.15, -0.1) is 0 Å². The molecule has 2 fully saturated rings. The lowest BCUT2D eigenvalue weighted by atomic mass is 10.0. The number of nitrogens with zero attached hydrogens (tertiary/aromatic N) is 6. The van der Waals surface area contributed by atoms with Crippen LogP contribution in [0.4, 0.5) is 10.1 Å². The number of anilines is 1. The van der Waals surface area contributed by atoms with Crippen molar-refractivity contribution in [3.8, 4) is 33.8 Å². The number of benzene rings is 2. The van der Waals surface area contributed by atoms with Gasteiger partial charge in [-0.3, -0.25) is 15.0 Å². The summed E-state index contributed by atoms with van der Waals surface area (Å²) >= 11 is 0. The summed E-state index contributed by atoms with van der Waals surface area (Å²) in [6.45, 7) is 5.95. The fourth-order valence-electron chi connectivity index (χ4n) is 6.29. The van der Waals surface area contributed by atoms with Gasteiger partial charge in [0.1, 0.15) is 11.5 Å². The van der Waals surface area contributed by atoms with Crippen LogP contribution in [0.5, 0.6) is 0 Å². The molecule has 0 atom stereocenters. The third-order valence-corrected chi connectivity index (χ3v) is 8.46. The van der Waals surface area contributed by atoms with E-state index in [4.69, 9.17) is 9.72 Å². The molecule has 0 aliphatic carbocycles. The monoisotopic (exact) mass is 574 g/mol. The summed E-state index contributed by atoms with van der Waals surface area (Å²) in [5, 5.41) is 8.46. The van der Waals surface area contributed by atoms with Gasteiger partial charge in [-0.1, -0.05) is 12.1 Å². The number of H-pyrrole nitrogens is 2. The Morgan fingerprint density at radius 1 is 0.884 bits per heavy atom. The van der Waals surface area contributed by atoms with Crippen LogP contribution in [-0.4, -0.2) is 74.4 Å². The maximum absolute atomic E-state index is 14.9. The Bertz CT molecular complexity index is 1940. The smallest absolute Gasteiger partial charge is 0.181 e. The number of fused-ring (bicyclic) bond motifs is 2. The first-order valence-electron chi connectivity index (χ1n) is 14.8. The largest absolute Gasteiger partial charge is 0.378 e. The summed E-state index contributed by atoms with van der Waals surface area (Å²) < 4.78 is 20.3. The minimum atomic E-state index is -0.274. The molecule has 43 heavy (non-hydrogen) atoms. The lowest BCUT2D eigenvalue weighted by molar-refractivity contribution is 0.122. The van der Waals surface area contributed by atoms with E-state index in [1.807, 2.05) is 42.9 Å². The van der Waals surface area contributed by atoms with Crippen LogP contribution in [0.3, 0.4) is 0 Å². The first kappa shape index (κ1) is 26.0. The molecular weight excluding hydrogens is 543 g/mol. The topological polar surface area (TPSA) is 98.8 Å². The van der Waals surface area contributed by atoms with Crippen molar-refractivity contribution >= 4 is 27.8 Å². The Hall–Kier alpha value is -4.67. The minimum Gasteiger partial charge on any atom is -0.378 e. The molecule has 2 aliphatic rings. The molecule has 0 amide bonds. The van der Waals surface area contributed by atoms with Crippen LogP contribution < -0.4 is 4.90 Å². The highest BCUT2D eigenvalue weighted by molar-refractivity contribution is 5.97. The van der Waals surface area contributed by atoms with Crippen LogP contribution in [-0.2, 0) is 11.3 Å². The van der Waals surface area contributed by atoms with E-state index in [9.17, 15) is 4.39 Å². The summed E-state index contributed by atoms with van der Waals surface area (Å²) in [7, 11) is 0. The molecule has 9 nitrogen and oxygen atoms in total. The molecule has 0 bridgehead atoms. The number of pyridine rings is 2. The van der Waals surface area contributed by atoms with Gasteiger partial charge in [0.25, 0.3) is 0 Å². The van der Waals surface area contributed by atoms with Gasteiger partial charge in [-0.05, 0) is 73.5 Å². The number of aromatic nitrogens is 6. The predicted octanol–water partition coefficient (Wildman–Crippen LogP) is 5.80. The maximum atomic E-state index is 14.9. The second-order valence-electron chi connectivity index (χ2n) is 11.3. The van der Waals surface area contributed by atoms with Crippen LogP contribution in [0.1, 0.15) is 18.4 Å². The molecule has 6 aromatic rings. The van der Waals surface area contributed by atoms with Crippen LogP contribution in [0.15, 0.2) is 67.1 Å². The van der Waals surface area contributed by atoms with Crippen LogP contribution >= 0.6 is 0 Å². The second kappa shape index (κ2) is 10.9. The van der Waals surface area contributed by atoms with E-state index < -0.39 is 0 Å². The molecule has 0 saturated carbocycles. The number of morpholine rings is 1. The predicted molar refractivity (Wildman–Crippen MR) is 165 cm³/mol. The van der Waals surface area contributed by atoms with E-state index in [0.717, 1.165) is 82.8 Å². The zero-order chi connectivity index (χ0) is 28.8. The zero-order valence-corrected chi connectivity index (χ0v) is 23.7. The number of imidazole rings is 1. The van der Waals surface area contributed by atoms with Crippen molar-refractivity contribution < 1.29 is 9.13 Å². The van der Waals surface area contributed by atoms with Crippen LogP contribution in [0, 0.1) is 5.82 Å². The molecule has 4 aromatic heterocycles. The van der Waals surface area contributed by atoms with E-state index in [-0.39, 0.29) is 5.82 Å². The zero-order valence-electron chi connectivity index (χ0n) is 23.7. The van der Waals surface area contributed by atoms with Gasteiger partial charge in [0, 0.05) is 60.6 Å². The fourth-order valence-corrected chi connectivity index (χ4v) is 6.29. The number of hydrogen-bond acceptors (Lipinski definition) is 7. The molecule has 0 unspecified atom stereocenters. The summed E-state index contributed by atoms with van der Waals surface area (Å²) in [5.74, 6) is 0.374. The quantitative estimate of drug-likeness (QED) is 0.259. The average Bonchev–Trinajstić information content (AvgIpc) is 3.81. The number of likely N-dealkylation sites (tertiary alicyclic amines) is 1. The van der Waals surface area contributed by atoms with Crippen LogP contribution in [0.2, 0.25) is 0 Å². The third-order valence-electron chi connectivity index (χ3n) is 8.46. The second-order valence-corrected chi connectivity index (χ2v) is 11.3. The molecule has 10 heteroatoms. The van der Waals surface area contributed by atoms with Crippen molar-refractivity contribution in [2.75, 3.05) is 44.3 Å². The standard InChI is InChI=1S/C33H31FN8O/c34-25-13-22(14-26(16-25)42-8-10-43-11-9-42)27-4-3-5-29-30(27)38-33(37-29)31-28-15-24(19-36-32(28)40-39-31)23-12-21(17-35-18-23)20-41-6-1-2-7-41/h3-5,12-19H,1-2,6-11,20H2,(H,37,38)(H,36,39,40). The lowest BCUT2D eigenvalue weighted by Gasteiger charge is -2.29. The number of halogens is 1. The highest BCUT2D eigenvalue weighted by Gasteiger charge is 2.19. The average molecular weight is 575 g/mol. The summed E-state index contributed by atoms with van der Waals surface area (Å²) in [6, 6.07) is 15.4. The number of ether oxygens (including phenoxy) is 1. The molecule has 8 rings (SSSR count). The van der Waals surface area contributed by atoms with Gasteiger partial charge in [-0.25, -0.2) is 14.4 Å². The van der Waals surface area contributed by atoms with Gasteiger partial charge >= 0.3 is 0 Å². The van der Waals surface area contributed by atoms with E-state index >= 15 is 0 Å². The number of hydrogen-bond donors (Lipinski definition) is 2. The van der Waals surface area contributed by atoms with Crippen LogP contribution in [0.25, 0.3) is 55.8 Å². The molecule has 2 aromatic carbocycles. The van der Waals surface area contributed by atoms with Gasteiger partial charge in [0.15, 0.2) is 11.5 Å². The highest BCUT2D eigenvalue weighted by Crippen LogP contribution is 2.34. The minimum absolute atomic E-state index is 0.274. The van der Waals surface area contributed by atoms with Gasteiger partial charge < -0.3 is 14.6 Å². The van der Waals surface area contributed by atoms with Gasteiger partial charge in [0.05, 0.1) is 29.6 Å². The normalized spacial score (nSPS) is 16.1. The molecule has 0 spiro atoms. The van der Waals surface area contributed by atoms with Crippen molar-refractivity contribution in [1.29, 1.82) is 0 Å². The first-order valence-corrected chi connectivity index (χ1v) is 14.8. The molecule has 216 valence electrons. The summed E-state index contributed by atoms with van der Waals surface area (Å²) in [6.07, 6.45) is 8.20. The lowest BCUT2D eigenvalue weighted by Crippen LogP contribution is -2.36. The molecule has 2 saturated heterocycles. The Morgan fingerprint density at radius 2 is 1.74 bits per heavy atom. The SMILES string of the molecule is Fc1cc(-c2cccc3[nH]c(-c4[nH]nc5ncc(-c6cncc(CN7CCCC7)c6)cc45)nc23)cc(N2CCOCC2)c1. The Kier molecular flexibility index (Phi) is 6.57. The van der Waals surface area contributed by atoms with E-state index in [2.05, 4.69) is 47.1 Å². The number of para-hydroxylation sites is 1. The molecule has 0 radical (unpaired) electrons. The number of nitrogens with one attached hydrogen (secondary N) is 2. The Morgan fingerprint density at radius 3 is 2.63 bits per heavy atom. The van der Waals surface area contributed by atoms with E-state index in [1.165, 1.54) is 18.4 Å². The molecule has 2 N–H and O–H groups in total. The van der Waals surface area contributed by atoms with Crippen molar-refractivity contribution in [3.63, 3.8) is 0 Å². The number of rotatable bonds is 6. The van der Waals surface area contributed by atoms with Crippen molar-refractivity contribution in [2.45, 2.75) is 19.4 Å². The molecule has 2 aliphatic heterocycles. The van der Waals surface area contributed by atoms with Crippen molar-refractivity contribution in [3.05, 3.63) is 78.5 Å². The number of aromatic amines is 2. The van der Waals surface area contributed by atoms with Crippen molar-refractivity contribution in [1.82, 2.24) is 35.0 Å². The molecular formula is C33H31FN8O. The van der Waals surface area contributed by atoms with E-state index in [0.29, 0.717) is 24.7 Å². The van der Waals surface area contributed by atoms with E-state index in [1.54, 1.807) is 12.1 Å². The van der Waals surface area contributed by atoms with Crippen molar-refractivity contribution in [2.24, 2.45) is 0 Å². The summed E-state index contributed by atoms with van der Waals surface area (Å²) in [4.78, 5) is 22.3. The highest BCUT2D eigenvalue weighted by atomic mass is 19.1. The Balaban J connectivity index is 1.16. The third kappa shape index (κ3) is 5.02.